The standard InChI is InChI=1S/C12H14ClN5O3/c1-8-4-12(18(20)21)10(13)5-11(8)14-6-9-7-17(2-3-19)16-15-9/h4-5,7,14,19H,2-3,6H2,1H3. The van der Waals surface area contributed by atoms with Gasteiger partial charge in [0.05, 0.1) is 30.8 Å². The second-order valence-corrected chi connectivity index (χ2v) is 4.83. The van der Waals surface area contributed by atoms with E-state index in [9.17, 15) is 10.1 Å². The van der Waals surface area contributed by atoms with Gasteiger partial charge in [0, 0.05) is 11.8 Å². The predicted molar refractivity (Wildman–Crippen MR) is 77.3 cm³/mol. The summed E-state index contributed by atoms with van der Waals surface area (Å²) in [5.41, 5.74) is 1.99. The minimum absolute atomic E-state index is 0.00665. The number of aryl methyl sites for hydroxylation is 1. The van der Waals surface area contributed by atoms with Gasteiger partial charge >= 0.3 is 0 Å². The molecule has 1 heterocycles. The van der Waals surface area contributed by atoms with E-state index in [1.807, 2.05) is 0 Å². The normalized spacial score (nSPS) is 10.6. The molecule has 0 bridgehead atoms. The summed E-state index contributed by atoms with van der Waals surface area (Å²) in [6, 6.07) is 2.94. The molecular weight excluding hydrogens is 298 g/mol. The molecule has 0 fully saturated rings. The molecule has 2 N–H and O–H groups in total. The molecule has 0 aliphatic rings. The van der Waals surface area contributed by atoms with Gasteiger partial charge in [-0.1, -0.05) is 16.8 Å². The van der Waals surface area contributed by atoms with Crippen LogP contribution in [0.2, 0.25) is 5.02 Å². The molecule has 0 saturated heterocycles. The first-order valence-corrected chi connectivity index (χ1v) is 6.57. The highest BCUT2D eigenvalue weighted by Crippen LogP contribution is 2.30. The topological polar surface area (TPSA) is 106 Å². The van der Waals surface area contributed by atoms with E-state index in [-0.39, 0.29) is 17.3 Å². The van der Waals surface area contributed by atoms with Crippen LogP contribution in [-0.2, 0) is 13.1 Å². The van der Waals surface area contributed by atoms with Crippen LogP contribution in [0.3, 0.4) is 0 Å². The van der Waals surface area contributed by atoms with Crippen LogP contribution in [0, 0.1) is 17.0 Å². The fourth-order valence-electron chi connectivity index (χ4n) is 1.81. The highest BCUT2D eigenvalue weighted by molar-refractivity contribution is 6.33. The van der Waals surface area contributed by atoms with Crippen molar-refractivity contribution in [1.82, 2.24) is 15.0 Å². The highest BCUT2D eigenvalue weighted by Gasteiger charge is 2.15. The minimum atomic E-state index is -0.514. The molecule has 0 saturated carbocycles. The molecule has 2 aromatic rings. The number of rotatable bonds is 6. The van der Waals surface area contributed by atoms with Crippen molar-refractivity contribution < 1.29 is 10.0 Å². The molecule has 0 aliphatic carbocycles. The van der Waals surface area contributed by atoms with Crippen LogP contribution in [0.15, 0.2) is 18.3 Å². The van der Waals surface area contributed by atoms with E-state index >= 15 is 0 Å². The van der Waals surface area contributed by atoms with Gasteiger partial charge in [0.15, 0.2) is 0 Å². The Morgan fingerprint density at radius 3 is 2.95 bits per heavy atom. The highest BCUT2D eigenvalue weighted by atomic mass is 35.5. The van der Waals surface area contributed by atoms with Crippen molar-refractivity contribution in [3.05, 3.63) is 44.7 Å². The number of nitrogens with one attached hydrogen (secondary N) is 1. The van der Waals surface area contributed by atoms with Crippen molar-refractivity contribution in [2.45, 2.75) is 20.0 Å². The summed E-state index contributed by atoms with van der Waals surface area (Å²) >= 11 is 5.88. The number of hydrogen-bond donors (Lipinski definition) is 2. The largest absolute Gasteiger partial charge is 0.394 e. The lowest BCUT2D eigenvalue weighted by Gasteiger charge is -2.08. The van der Waals surface area contributed by atoms with Crippen LogP contribution < -0.4 is 5.32 Å². The fourth-order valence-corrected chi connectivity index (χ4v) is 2.05. The zero-order valence-corrected chi connectivity index (χ0v) is 12.0. The molecule has 2 rings (SSSR count). The first-order chi connectivity index (χ1) is 10.0. The maximum Gasteiger partial charge on any atom is 0.288 e. The summed E-state index contributed by atoms with van der Waals surface area (Å²) in [5, 5.41) is 30.6. The zero-order valence-electron chi connectivity index (χ0n) is 11.3. The first kappa shape index (κ1) is 15.2. The van der Waals surface area contributed by atoms with Gasteiger partial charge in [-0.3, -0.25) is 10.1 Å². The number of benzene rings is 1. The maximum absolute atomic E-state index is 10.8. The number of anilines is 1. The molecule has 1 aromatic heterocycles. The molecule has 0 aliphatic heterocycles. The van der Waals surface area contributed by atoms with Gasteiger partial charge in [0.1, 0.15) is 10.7 Å². The lowest BCUT2D eigenvalue weighted by Crippen LogP contribution is -2.03. The Morgan fingerprint density at radius 2 is 2.29 bits per heavy atom. The van der Waals surface area contributed by atoms with Gasteiger partial charge in [0.25, 0.3) is 5.69 Å². The number of nitrogens with zero attached hydrogens (tertiary/aromatic N) is 4. The Hall–Kier alpha value is -2.19. The van der Waals surface area contributed by atoms with Crippen molar-refractivity contribution >= 4 is 23.0 Å². The van der Waals surface area contributed by atoms with Crippen molar-refractivity contribution in [2.75, 3.05) is 11.9 Å². The Morgan fingerprint density at radius 1 is 1.52 bits per heavy atom. The minimum Gasteiger partial charge on any atom is -0.394 e. The second kappa shape index (κ2) is 6.51. The summed E-state index contributed by atoms with van der Waals surface area (Å²) < 4.78 is 1.53. The number of halogens is 1. The number of nitro benzene ring substituents is 1. The second-order valence-electron chi connectivity index (χ2n) is 4.43. The Labute approximate surface area is 125 Å². The average Bonchev–Trinajstić information content (AvgIpc) is 2.87. The van der Waals surface area contributed by atoms with Crippen molar-refractivity contribution in [3.8, 4) is 0 Å². The number of aliphatic hydroxyl groups is 1. The van der Waals surface area contributed by atoms with Crippen LogP contribution in [0.5, 0.6) is 0 Å². The number of aliphatic hydroxyl groups excluding tert-OH is 1. The number of nitro groups is 1. The van der Waals surface area contributed by atoms with Crippen molar-refractivity contribution in [3.63, 3.8) is 0 Å². The van der Waals surface area contributed by atoms with E-state index in [4.69, 9.17) is 16.7 Å². The quantitative estimate of drug-likeness (QED) is 0.622. The van der Waals surface area contributed by atoms with Gasteiger partial charge in [-0.15, -0.1) is 5.10 Å². The van der Waals surface area contributed by atoms with Crippen LogP contribution in [-0.4, -0.2) is 31.6 Å². The molecular formula is C12H14ClN5O3. The van der Waals surface area contributed by atoms with E-state index in [0.29, 0.717) is 30.0 Å². The predicted octanol–water partition coefficient (Wildman–Crippen LogP) is 1.75. The van der Waals surface area contributed by atoms with Crippen LogP contribution in [0.4, 0.5) is 11.4 Å². The van der Waals surface area contributed by atoms with E-state index < -0.39 is 4.92 Å². The first-order valence-electron chi connectivity index (χ1n) is 6.19. The van der Waals surface area contributed by atoms with E-state index in [1.54, 1.807) is 13.1 Å². The number of aromatic nitrogens is 3. The van der Waals surface area contributed by atoms with Crippen LogP contribution in [0.25, 0.3) is 0 Å². The third-order valence-electron chi connectivity index (χ3n) is 2.87. The molecule has 9 heteroatoms. The van der Waals surface area contributed by atoms with Gasteiger partial charge in [-0.25, -0.2) is 4.68 Å². The van der Waals surface area contributed by atoms with Gasteiger partial charge in [-0.05, 0) is 18.6 Å². The monoisotopic (exact) mass is 311 g/mol. The smallest absolute Gasteiger partial charge is 0.288 e. The molecule has 21 heavy (non-hydrogen) atoms. The van der Waals surface area contributed by atoms with E-state index in [2.05, 4.69) is 15.6 Å². The van der Waals surface area contributed by atoms with Gasteiger partial charge in [0.2, 0.25) is 0 Å². The molecule has 112 valence electrons. The molecule has 0 unspecified atom stereocenters. The molecule has 0 spiro atoms. The summed E-state index contributed by atoms with van der Waals surface area (Å²) in [6.07, 6.45) is 1.71. The van der Waals surface area contributed by atoms with Crippen LogP contribution in [0.1, 0.15) is 11.3 Å². The molecule has 0 radical (unpaired) electrons. The molecule has 0 amide bonds. The van der Waals surface area contributed by atoms with Crippen molar-refractivity contribution in [2.24, 2.45) is 0 Å². The number of hydrogen-bond acceptors (Lipinski definition) is 6. The fraction of sp³-hybridized carbons (Fsp3) is 0.333. The van der Waals surface area contributed by atoms with Crippen molar-refractivity contribution in [1.29, 1.82) is 0 Å². The summed E-state index contributed by atoms with van der Waals surface area (Å²) in [4.78, 5) is 10.3. The van der Waals surface area contributed by atoms with E-state index in [0.717, 1.165) is 0 Å². The third-order valence-corrected chi connectivity index (χ3v) is 3.17. The molecule has 0 atom stereocenters. The molecule has 1 aromatic carbocycles. The SMILES string of the molecule is Cc1cc([N+](=O)[O-])c(Cl)cc1NCc1cn(CCO)nn1. The maximum atomic E-state index is 10.8. The summed E-state index contributed by atoms with van der Waals surface area (Å²) in [5.74, 6) is 0. The zero-order chi connectivity index (χ0) is 15.4. The Bertz CT molecular complexity index is 658. The lowest BCUT2D eigenvalue weighted by atomic mass is 10.1. The summed E-state index contributed by atoms with van der Waals surface area (Å²) in [7, 11) is 0. The Kier molecular flexibility index (Phi) is 4.71. The Balaban J connectivity index is 2.09. The van der Waals surface area contributed by atoms with Gasteiger partial charge < -0.3 is 10.4 Å². The van der Waals surface area contributed by atoms with Gasteiger partial charge in [-0.2, -0.15) is 0 Å². The average molecular weight is 312 g/mol. The lowest BCUT2D eigenvalue weighted by molar-refractivity contribution is -0.384. The van der Waals surface area contributed by atoms with E-state index in [1.165, 1.54) is 16.8 Å². The molecule has 8 nitrogen and oxygen atoms in total. The summed E-state index contributed by atoms with van der Waals surface area (Å²) in [6.45, 7) is 2.54. The third kappa shape index (κ3) is 3.67. The van der Waals surface area contributed by atoms with Crippen LogP contribution >= 0.6 is 11.6 Å².